The maximum absolute atomic E-state index is 13.2. The van der Waals surface area contributed by atoms with Crippen LogP contribution in [0, 0.1) is 26.2 Å². The van der Waals surface area contributed by atoms with Gasteiger partial charge in [-0.2, -0.15) is 0 Å². The highest BCUT2D eigenvalue weighted by Crippen LogP contribution is 2.23. The van der Waals surface area contributed by atoms with E-state index in [-0.39, 0.29) is 5.56 Å². The van der Waals surface area contributed by atoms with Crippen LogP contribution >= 0.6 is 0 Å². The SMILES string of the molecule is C#CCN(Cc1cc2c(=O)[nH]c(C)nc2cc1C)c1ccc(C(=O)N(CC(=O)O)c2ccccc2)cc1. The summed E-state index contributed by atoms with van der Waals surface area (Å²) >= 11 is 0. The summed E-state index contributed by atoms with van der Waals surface area (Å²) in [5.41, 5.74) is 3.98. The Balaban J connectivity index is 1.62. The van der Waals surface area contributed by atoms with Crippen molar-refractivity contribution in [3.05, 3.63) is 99.6 Å². The Labute approximate surface area is 214 Å². The summed E-state index contributed by atoms with van der Waals surface area (Å²) < 4.78 is 0. The van der Waals surface area contributed by atoms with Crippen LogP contribution < -0.4 is 15.4 Å². The van der Waals surface area contributed by atoms with Crippen molar-refractivity contribution in [1.29, 1.82) is 0 Å². The highest BCUT2D eigenvalue weighted by atomic mass is 16.4. The summed E-state index contributed by atoms with van der Waals surface area (Å²) in [7, 11) is 0. The van der Waals surface area contributed by atoms with Crippen molar-refractivity contribution in [3.63, 3.8) is 0 Å². The first kappa shape index (κ1) is 25.2. The van der Waals surface area contributed by atoms with Crippen LogP contribution in [-0.2, 0) is 11.3 Å². The molecule has 1 aromatic heterocycles. The van der Waals surface area contributed by atoms with Crippen LogP contribution in [0.4, 0.5) is 11.4 Å². The second-order valence-corrected chi connectivity index (χ2v) is 8.67. The number of anilines is 2. The van der Waals surface area contributed by atoms with Gasteiger partial charge in [-0.3, -0.25) is 19.3 Å². The zero-order valence-electron chi connectivity index (χ0n) is 20.6. The second kappa shape index (κ2) is 10.8. The lowest BCUT2D eigenvalue weighted by atomic mass is 10.0. The minimum atomic E-state index is -1.11. The van der Waals surface area contributed by atoms with Crippen molar-refractivity contribution in [2.24, 2.45) is 0 Å². The Kier molecular flexibility index (Phi) is 7.35. The van der Waals surface area contributed by atoms with Crippen LogP contribution in [0.15, 0.2) is 71.5 Å². The number of aryl methyl sites for hydroxylation is 2. The molecular weight excluding hydrogens is 468 g/mol. The molecule has 0 saturated heterocycles. The average Bonchev–Trinajstić information content (AvgIpc) is 2.88. The van der Waals surface area contributed by atoms with E-state index in [1.807, 2.05) is 24.0 Å². The van der Waals surface area contributed by atoms with Gasteiger partial charge in [-0.05, 0) is 73.5 Å². The molecule has 0 spiro atoms. The van der Waals surface area contributed by atoms with Gasteiger partial charge in [0.2, 0.25) is 0 Å². The number of fused-ring (bicyclic) bond motifs is 1. The van der Waals surface area contributed by atoms with Crippen molar-refractivity contribution < 1.29 is 14.7 Å². The summed E-state index contributed by atoms with van der Waals surface area (Å²) in [6, 6.07) is 19.3. The quantitative estimate of drug-likeness (QED) is 0.360. The highest BCUT2D eigenvalue weighted by molar-refractivity contribution is 6.08. The molecule has 1 heterocycles. The van der Waals surface area contributed by atoms with Gasteiger partial charge < -0.3 is 15.0 Å². The van der Waals surface area contributed by atoms with Crippen molar-refractivity contribution in [3.8, 4) is 12.3 Å². The molecule has 8 nitrogen and oxygen atoms in total. The molecule has 0 atom stereocenters. The topological polar surface area (TPSA) is 107 Å². The maximum Gasteiger partial charge on any atom is 0.323 e. The van der Waals surface area contributed by atoms with Gasteiger partial charge in [0.05, 0.1) is 17.4 Å². The molecule has 2 N–H and O–H groups in total. The molecule has 1 amide bonds. The standard InChI is InChI=1S/C29H26N4O4/c1-4-14-32(17-22-16-25-26(15-19(22)2)30-20(3)31-28(25)36)23-12-10-21(11-13-23)29(37)33(18-27(34)35)24-8-6-5-7-9-24/h1,5-13,15-16H,14,17-18H2,2-3H3,(H,34,35)(H,30,31,36). The minimum absolute atomic E-state index is 0.195. The first-order chi connectivity index (χ1) is 17.8. The van der Waals surface area contributed by atoms with E-state index < -0.39 is 18.4 Å². The van der Waals surface area contributed by atoms with Gasteiger partial charge in [0.1, 0.15) is 12.4 Å². The lowest BCUT2D eigenvalue weighted by molar-refractivity contribution is -0.135. The number of para-hydroxylation sites is 1. The van der Waals surface area contributed by atoms with Crippen LogP contribution in [0.3, 0.4) is 0 Å². The number of hydrogen-bond donors (Lipinski definition) is 2. The van der Waals surface area contributed by atoms with Gasteiger partial charge in [0.15, 0.2) is 0 Å². The zero-order chi connectivity index (χ0) is 26.5. The van der Waals surface area contributed by atoms with Crippen molar-refractivity contribution in [1.82, 2.24) is 9.97 Å². The number of aromatic amines is 1. The molecule has 4 rings (SSSR count). The Hall–Kier alpha value is -4.90. The van der Waals surface area contributed by atoms with Crippen LogP contribution in [0.5, 0.6) is 0 Å². The smallest absolute Gasteiger partial charge is 0.323 e. The molecule has 4 aromatic rings. The fourth-order valence-corrected chi connectivity index (χ4v) is 4.17. The van der Waals surface area contributed by atoms with E-state index in [9.17, 15) is 19.5 Å². The minimum Gasteiger partial charge on any atom is -0.480 e. The molecule has 0 aliphatic heterocycles. The number of carboxylic acid groups (broad SMARTS) is 1. The third kappa shape index (κ3) is 5.68. The summed E-state index contributed by atoms with van der Waals surface area (Å²) in [6.45, 7) is 4.00. The summed E-state index contributed by atoms with van der Waals surface area (Å²) in [4.78, 5) is 47.4. The number of terminal acetylenes is 1. The molecule has 8 heteroatoms. The summed E-state index contributed by atoms with van der Waals surface area (Å²) in [6.07, 6.45) is 5.65. The first-order valence-corrected chi connectivity index (χ1v) is 11.6. The maximum atomic E-state index is 13.2. The lowest BCUT2D eigenvalue weighted by Gasteiger charge is -2.25. The van der Waals surface area contributed by atoms with E-state index >= 15 is 0 Å². The molecule has 0 aliphatic carbocycles. The summed E-state index contributed by atoms with van der Waals surface area (Å²) in [5.74, 6) is 1.70. The van der Waals surface area contributed by atoms with Gasteiger partial charge in [0.25, 0.3) is 11.5 Å². The van der Waals surface area contributed by atoms with Crippen molar-refractivity contribution in [2.75, 3.05) is 22.9 Å². The molecule has 186 valence electrons. The van der Waals surface area contributed by atoms with E-state index in [4.69, 9.17) is 6.42 Å². The molecule has 37 heavy (non-hydrogen) atoms. The molecule has 0 fully saturated rings. The number of nitrogens with one attached hydrogen (secondary N) is 1. The predicted octanol–water partition coefficient (Wildman–Crippen LogP) is 3.91. The fraction of sp³-hybridized carbons (Fsp3) is 0.172. The number of aliphatic carboxylic acids is 1. The third-order valence-corrected chi connectivity index (χ3v) is 6.01. The first-order valence-electron chi connectivity index (χ1n) is 11.6. The van der Waals surface area contributed by atoms with Crippen molar-refractivity contribution in [2.45, 2.75) is 20.4 Å². The van der Waals surface area contributed by atoms with Crippen molar-refractivity contribution >= 4 is 34.2 Å². The number of aromatic nitrogens is 2. The van der Waals surface area contributed by atoms with Gasteiger partial charge in [0, 0.05) is 23.5 Å². The fourth-order valence-electron chi connectivity index (χ4n) is 4.17. The number of nitrogens with zero attached hydrogens (tertiary/aromatic N) is 3. The number of amides is 1. The molecule has 0 aliphatic rings. The molecule has 0 saturated carbocycles. The number of H-pyrrole nitrogens is 1. The molecule has 0 bridgehead atoms. The van der Waals surface area contributed by atoms with Crippen LogP contribution in [0.1, 0.15) is 27.3 Å². The van der Waals surface area contributed by atoms with Gasteiger partial charge in [-0.25, -0.2) is 4.98 Å². The number of carboxylic acids is 1. The second-order valence-electron chi connectivity index (χ2n) is 8.67. The normalized spacial score (nSPS) is 10.6. The summed E-state index contributed by atoms with van der Waals surface area (Å²) in [5, 5.41) is 9.84. The predicted molar refractivity (Wildman–Crippen MR) is 144 cm³/mol. The number of rotatable bonds is 8. The van der Waals surface area contributed by atoms with E-state index in [0.29, 0.717) is 41.1 Å². The van der Waals surface area contributed by atoms with E-state index in [1.165, 1.54) is 4.90 Å². The Morgan fingerprint density at radius 1 is 1.03 bits per heavy atom. The number of carbonyl (C=O) groups excluding carboxylic acids is 1. The molecule has 0 unspecified atom stereocenters. The Bertz CT molecular complexity index is 1550. The highest BCUT2D eigenvalue weighted by Gasteiger charge is 2.21. The Morgan fingerprint density at radius 2 is 1.73 bits per heavy atom. The molecule has 3 aromatic carbocycles. The average molecular weight is 495 g/mol. The van der Waals surface area contributed by atoms with Crippen LogP contribution in [0.25, 0.3) is 10.9 Å². The monoisotopic (exact) mass is 494 g/mol. The van der Waals surface area contributed by atoms with Crippen LogP contribution in [-0.4, -0.2) is 40.0 Å². The van der Waals surface area contributed by atoms with Gasteiger partial charge in [-0.15, -0.1) is 6.42 Å². The third-order valence-electron chi connectivity index (χ3n) is 6.01. The van der Waals surface area contributed by atoms with E-state index in [2.05, 4.69) is 15.9 Å². The molecular formula is C29H26N4O4. The van der Waals surface area contributed by atoms with E-state index in [1.54, 1.807) is 61.5 Å². The molecule has 0 radical (unpaired) electrons. The zero-order valence-corrected chi connectivity index (χ0v) is 20.6. The van der Waals surface area contributed by atoms with Crippen LogP contribution in [0.2, 0.25) is 0 Å². The largest absolute Gasteiger partial charge is 0.480 e. The number of benzene rings is 3. The lowest BCUT2D eigenvalue weighted by Crippen LogP contribution is -2.35. The Morgan fingerprint density at radius 3 is 2.38 bits per heavy atom. The van der Waals surface area contributed by atoms with Gasteiger partial charge >= 0.3 is 5.97 Å². The number of carbonyl (C=O) groups is 2. The van der Waals surface area contributed by atoms with Gasteiger partial charge in [-0.1, -0.05) is 24.1 Å². The number of hydrogen-bond acceptors (Lipinski definition) is 5. The van der Waals surface area contributed by atoms with E-state index in [0.717, 1.165) is 16.8 Å².